The Morgan fingerprint density at radius 1 is 1.17 bits per heavy atom. The molecule has 0 spiro atoms. The van der Waals surface area contributed by atoms with Crippen molar-refractivity contribution >= 4 is 34.0 Å². The molecule has 0 fully saturated rings. The zero-order valence-electron chi connectivity index (χ0n) is 12.0. The van der Waals surface area contributed by atoms with E-state index in [-0.39, 0.29) is 18.2 Å². The van der Waals surface area contributed by atoms with E-state index in [0.29, 0.717) is 15.6 Å². The smallest absolute Gasteiger partial charge is 0.259 e. The van der Waals surface area contributed by atoms with Gasteiger partial charge in [-0.05, 0) is 45.8 Å². The summed E-state index contributed by atoms with van der Waals surface area (Å²) in [5.74, 6) is -0.702. The number of phenolic OH excluding ortho intramolecular Hbond substituents is 1. The van der Waals surface area contributed by atoms with Crippen molar-refractivity contribution in [3.63, 3.8) is 0 Å². The summed E-state index contributed by atoms with van der Waals surface area (Å²) in [6.45, 7) is -0.197. The number of carbonyl (C=O) groups is 2. The second-order valence-corrected chi connectivity index (χ2v) is 5.41. The predicted octanol–water partition coefficient (Wildman–Crippen LogP) is 2.03. The summed E-state index contributed by atoms with van der Waals surface area (Å²) in [7, 11) is 0. The fourth-order valence-corrected chi connectivity index (χ4v) is 2.19. The van der Waals surface area contributed by atoms with Gasteiger partial charge >= 0.3 is 0 Å². The average molecular weight is 376 g/mol. The molecule has 0 aromatic heterocycles. The van der Waals surface area contributed by atoms with Crippen molar-refractivity contribution in [3.8, 4) is 5.75 Å². The number of amides is 2. The number of hydrogen-bond acceptors (Lipinski definition) is 4. The van der Waals surface area contributed by atoms with Crippen LogP contribution >= 0.6 is 15.9 Å². The third kappa shape index (κ3) is 5.23. The van der Waals surface area contributed by atoms with Gasteiger partial charge in [0, 0.05) is 4.47 Å². The van der Waals surface area contributed by atoms with Gasteiger partial charge in [0.2, 0.25) is 0 Å². The van der Waals surface area contributed by atoms with Crippen molar-refractivity contribution in [1.82, 2.24) is 10.7 Å². The molecule has 23 heavy (non-hydrogen) atoms. The maximum Gasteiger partial charge on any atom is 0.259 e. The van der Waals surface area contributed by atoms with Crippen LogP contribution in [0, 0.1) is 0 Å². The van der Waals surface area contributed by atoms with E-state index < -0.39 is 5.91 Å². The first kappa shape index (κ1) is 16.7. The molecule has 0 saturated heterocycles. The zero-order chi connectivity index (χ0) is 16.7. The summed E-state index contributed by atoms with van der Waals surface area (Å²) in [4.78, 5) is 23.5. The lowest BCUT2D eigenvalue weighted by atomic mass is 10.2. The molecule has 0 heterocycles. The fraction of sp³-hybridized carbons (Fsp3) is 0.0625. The molecule has 0 radical (unpaired) electrons. The molecule has 2 aromatic rings. The van der Waals surface area contributed by atoms with Gasteiger partial charge in [0.05, 0.1) is 18.3 Å². The highest BCUT2D eigenvalue weighted by atomic mass is 79.9. The molecule has 2 rings (SSSR count). The van der Waals surface area contributed by atoms with Crippen LogP contribution in [-0.4, -0.2) is 29.7 Å². The summed E-state index contributed by atoms with van der Waals surface area (Å²) in [6, 6.07) is 13.4. The number of benzene rings is 2. The van der Waals surface area contributed by atoms with E-state index in [0.717, 1.165) is 0 Å². The number of nitrogens with zero attached hydrogens (tertiary/aromatic N) is 1. The van der Waals surface area contributed by atoms with Crippen LogP contribution in [0.25, 0.3) is 0 Å². The van der Waals surface area contributed by atoms with Gasteiger partial charge in [-0.25, -0.2) is 5.43 Å². The quantitative estimate of drug-likeness (QED) is 0.551. The Balaban J connectivity index is 1.81. The number of carbonyl (C=O) groups excluding carboxylic acids is 2. The topological polar surface area (TPSA) is 90.8 Å². The summed E-state index contributed by atoms with van der Waals surface area (Å²) < 4.78 is 0.653. The molecule has 0 unspecified atom stereocenters. The number of hydrazone groups is 1. The van der Waals surface area contributed by atoms with Crippen LogP contribution in [0.2, 0.25) is 0 Å². The van der Waals surface area contributed by atoms with Crippen LogP contribution in [0.5, 0.6) is 5.75 Å². The Bertz CT molecular complexity index is 747. The molecule has 0 aliphatic carbocycles. The van der Waals surface area contributed by atoms with Crippen molar-refractivity contribution in [2.24, 2.45) is 5.10 Å². The minimum atomic E-state index is -0.457. The molecular weight excluding hydrogens is 362 g/mol. The number of rotatable bonds is 5. The van der Waals surface area contributed by atoms with Gasteiger partial charge in [-0.1, -0.05) is 24.3 Å². The van der Waals surface area contributed by atoms with E-state index in [2.05, 4.69) is 31.8 Å². The second kappa shape index (κ2) is 8.09. The van der Waals surface area contributed by atoms with Crippen molar-refractivity contribution in [1.29, 1.82) is 0 Å². The van der Waals surface area contributed by atoms with Crippen molar-refractivity contribution < 1.29 is 14.7 Å². The molecule has 118 valence electrons. The Labute approximate surface area is 141 Å². The monoisotopic (exact) mass is 375 g/mol. The van der Waals surface area contributed by atoms with Crippen molar-refractivity contribution in [3.05, 3.63) is 64.1 Å². The lowest BCUT2D eigenvalue weighted by Crippen LogP contribution is -2.35. The maximum atomic E-state index is 11.9. The van der Waals surface area contributed by atoms with Gasteiger partial charge in [-0.2, -0.15) is 5.10 Å². The molecule has 0 aliphatic rings. The highest BCUT2D eigenvalue weighted by Gasteiger charge is 2.10. The van der Waals surface area contributed by atoms with Crippen LogP contribution in [0.3, 0.4) is 0 Å². The van der Waals surface area contributed by atoms with Crippen molar-refractivity contribution in [2.75, 3.05) is 6.54 Å². The van der Waals surface area contributed by atoms with E-state index in [1.807, 2.05) is 0 Å². The first-order chi connectivity index (χ1) is 11.1. The van der Waals surface area contributed by atoms with E-state index in [1.54, 1.807) is 36.4 Å². The second-order valence-electron chi connectivity index (χ2n) is 4.55. The zero-order valence-corrected chi connectivity index (χ0v) is 13.6. The van der Waals surface area contributed by atoms with Crippen molar-refractivity contribution in [2.45, 2.75) is 0 Å². The summed E-state index contributed by atoms with van der Waals surface area (Å²) in [5, 5.41) is 15.6. The van der Waals surface area contributed by atoms with Gasteiger partial charge < -0.3 is 10.4 Å². The van der Waals surface area contributed by atoms with Crippen LogP contribution in [0.4, 0.5) is 0 Å². The predicted molar refractivity (Wildman–Crippen MR) is 90.3 cm³/mol. The largest absolute Gasteiger partial charge is 0.508 e. The number of phenols is 1. The molecule has 2 amide bonds. The van der Waals surface area contributed by atoms with Crippen LogP contribution in [0.1, 0.15) is 15.9 Å². The summed E-state index contributed by atoms with van der Waals surface area (Å²) >= 11 is 3.27. The number of aromatic hydroxyl groups is 1. The Kier molecular flexibility index (Phi) is 5.87. The van der Waals surface area contributed by atoms with E-state index >= 15 is 0 Å². The minimum Gasteiger partial charge on any atom is -0.508 e. The average Bonchev–Trinajstić information content (AvgIpc) is 2.53. The third-order valence-corrected chi connectivity index (χ3v) is 3.49. The van der Waals surface area contributed by atoms with Gasteiger partial charge in [0.25, 0.3) is 11.8 Å². The Morgan fingerprint density at radius 3 is 2.70 bits per heavy atom. The standard InChI is InChI=1S/C16H14BrN3O3/c17-14-7-2-1-6-13(14)16(23)18-10-15(22)20-19-9-11-4-3-5-12(21)8-11/h1-9,21H,10H2,(H,18,23)(H,20,22)/b19-9-. The highest BCUT2D eigenvalue weighted by molar-refractivity contribution is 9.10. The molecule has 0 atom stereocenters. The van der Waals surface area contributed by atoms with Crippen LogP contribution in [-0.2, 0) is 4.79 Å². The number of hydrogen-bond donors (Lipinski definition) is 3. The molecular formula is C16H14BrN3O3. The van der Waals surface area contributed by atoms with Gasteiger partial charge in [-0.3, -0.25) is 9.59 Å². The molecule has 2 aromatic carbocycles. The van der Waals surface area contributed by atoms with Gasteiger partial charge in [-0.15, -0.1) is 0 Å². The fourth-order valence-electron chi connectivity index (χ4n) is 1.72. The molecule has 0 saturated carbocycles. The SMILES string of the molecule is O=C(CNC(=O)c1ccccc1Br)N/N=C\c1cccc(O)c1. The third-order valence-electron chi connectivity index (χ3n) is 2.80. The van der Waals surface area contributed by atoms with E-state index in [1.165, 1.54) is 18.3 Å². The summed E-state index contributed by atoms with van der Waals surface area (Å²) in [6.07, 6.45) is 1.40. The minimum absolute atomic E-state index is 0.112. The first-order valence-electron chi connectivity index (χ1n) is 6.70. The molecule has 6 nitrogen and oxygen atoms in total. The Hall–Kier alpha value is -2.67. The molecule has 0 bridgehead atoms. The number of halogens is 1. The van der Waals surface area contributed by atoms with E-state index in [4.69, 9.17) is 0 Å². The van der Waals surface area contributed by atoms with Crippen LogP contribution in [0.15, 0.2) is 58.1 Å². The molecule has 3 N–H and O–H groups in total. The van der Waals surface area contributed by atoms with E-state index in [9.17, 15) is 14.7 Å². The lowest BCUT2D eigenvalue weighted by molar-refractivity contribution is -0.120. The lowest BCUT2D eigenvalue weighted by Gasteiger charge is -2.05. The maximum absolute atomic E-state index is 11.9. The normalized spacial score (nSPS) is 10.5. The van der Waals surface area contributed by atoms with Crippen LogP contribution < -0.4 is 10.7 Å². The Morgan fingerprint density at radius 2 is 1.96 bits per heavy atom. The highest BCUT2D eigenvalue weighted by Crippen LogP contribution is 2.15. The van der Waals surface area contributed by atoms with Gasteiger partial charge in [0.15, 0.2) is 0 Å². The first-order valence-corrected chi connectivity index (χ1v) is 7.49. The molecule has 7 heteroatoms. The number of nitrogens with one attached hydrogen (secondary N) is 2. The molecule has 0 aliphatic heterocycles. The van der Waals surface area contributed by atoms with Gasteiger partial charge in [0.1, 0.15) is 5.75 Å². The summed E-state index contributed by atoms with van der Waals surface area (Å²) in [5.41, 5.74) is 3.38.